The Morgan fingerprint density at radius 3 is 2.76 bits per heavy atom. The first-order valence-electron chi connectivity index (χ1n) is 8.78. The molecule has 6 nitrogen and oxygen atoms in total. The Morgan fingerprint density at radius 1 is 1.17 bits per heavy atom. The Labute approximate surface area is 175 Å². The lowest BCUT2D eigenvalue weighted by Crippen LogP contribution is -2.25. The third-order valence-corrected chi connectivity index (χ3v) is 5.40. The van der Waals surface area contributed by atoms with Crippen molar-refractivity contribution in [3.8, 4) is 23.5 Å². The van der Waals surface area contributed by atoms with Crippen molar-refractivity contribution in [2.45, 2.75) is 12.8 Å². The predicted octanol–water partition coefficient (Wildman–Crippen LogP) is 3.88. The Kier molecular flexibility index (Phi) is 5.56. The smallest absolute Gasteiger partial charge is 0.230 e. The van der Waals surface area contributed by atoms with Gasteiger partial charge in [0.05, 0.1) is 22.7 Å². The molecule has 0 aliphatic rings. The van der Waals surface area contributed by atoms with Gasteiger partial charge in [-0.3, -0.25) is 4.79 Å². The SMILES string of the molecule is C#CCNC(=O)Cc1nnc(Cc2nc3c(Cl)cc(-c4ccccc4)cc3s2)o1. The molecule has 144 valence electrons. The highest BCUT2D eigenvalue weighted by Crippen LogP contribution is 2.34. The average molecular weight is 423 g/mol. The number of terminal acetylenes is 1. The molecule has 0 fully saturated rings. The van der Waals surface area contributed by atoms with Gasteiger partial charge in [-0.25, -0.2) is 4.98 Å². The van der Waals surface area contributed by atoms with Crippen LogP contribution in [0, 0.1) is 12.3 Å². The second-order valence-electron chi connectivity index (χ2n) is 6.20. The van der Waals surface area contributed by atoms with Gasteiger partial charge in [0, 0.05) is 0 Å². The van der Waals surface area contributed by atoms with Crippen molar-refractivity contribution in [2.75, 3.05) is 6.54 Å². The lowest BCUT2D eigenvalue weighted by atomic mass is 10.1. The molecule has 1 N–H and O–H groups in total. The van der Waals surface area contributed by atoms with Gasteiger partial charge in [-0.05, 0) is 23.3 Å². The van der Waals surface area contributed by atoms with Gasteiger partial charge in [0.1, 0.15) is 16.9 Å². The fourth-order valence-corrected chi connectivity index (χ4v) is 4.16. The third kappa shape index (κ3) is 4.45. The number of hydrogen-bond donors (Lipinski definition) is 1. The molecule has 4 rings (SSSR count). The Hall–Kier alpha value is -3.21. The number of rotatable bonds is 6. The lowest BCUT2D eigenvalue weighted by Gasteiger charge is -2.02. The Morgan fingerprint density at radius 2 is 1.97 bits per heavy atom. The maximum absolute atomic E-state index is 11.7. The first kappa shape index (κ1) is 19.1. The van der Waals surface area contributed by atoms with Crippen molar-refractivity contribution < 1.29 is 9.21 Å². The fraction of sp³-hybridized carbons (Fsp3) is 0.143. The first-order valence-corrected chi connectivity index (χ1v) is 9.97. The molecule has 2 aromatic heterocycles. The number of nitrogens with one attached hydrogen (secondary N) is 1. The van der Waals surface area contributed by atoms with Crippen LogP contribution in [0.1, 0.15) is 16.8 Å². The summed E-state index contributed by atoms with van der Waals surface area (Å²) in [6.45, 7) is 0.164. The average Bonchev–Trinajstić information content (AvgIpc) is 3.34. The van der Waals surface area contributed by atoms with Crippen molar-refractivity contribution in [1.29, 1.82) is 0 Å². The third-order valence-electron chi connectivity index (χ3n) is 4.11. The van der Waals surface area contributed by atoms with Crippen LogP contribution >= 0.6 is 22.9 Å². The highest BCUT2D eigenvalue weighted by Gasteiger charge is 2.15. The molecule has 29 heavy (non-hydrogen) atoms. The number of aromatic nitrogens is 3. The Balaban J connectivity index is 1.53. The first-order chi connectivity index (χ1) is 14.1. The van der Waals surface area contributed by atoms with E-state index in [4.69, 9.17) is 22.4 Å². The molecule has 0 saturated carbocycles. The lowest BCUT2D eigenvalue weighted by molar-refractivity contribution is -0.120. The van der Waals surface area contributed by atoms with E-state index in [0.29, 0.717) is 17.3 Å². The van der Waals surface area contributed by atoms with E-state index in [1.807, 2.05) is 36.4 Å². The molecule has 0 spiro atoms. The zero-order chi connectivity index (χ0) is 20.2. The quantitative estimate of drug-likeness (QED) is 0.477. The molecule has 0 unspecified atom stereocenters. The van der Waals surface area contributed by atoms with Gasteiger partial charge in [0.2, 0.25) is 17.7 Å². The zero-order valence-corrected chi connectivity index (χ0v) is 16.8. The minimum Gasteiger partial charge on any atom is -0.424 e. The van der Waals surface area contributed by atoms with E-state index in [1.165, 1.54) is 11.3 Å². The Bertz CT molecular complexity index is 1210. The molecular formula is C21H15ClN4O2S. The molecule has 8 heteroatoms. The van der Waals surface area contributed by atoms with Crippen molar-refractivity contribution in [3.63, 3.8) is 0 Å². The van der Waals surface area contributed by atoms with Crippen molar-refractivity contribution in [1.82, 2.24) is 20.5 Å². The van der Waals surface area contributed by atoms with E-state index in [2.05, 4.69) is 32.5 Å². The van der Waals surface area contributed by atoms with Crippen LogP contribution in [-0.4, -0.2) is 27.6 Å². The molecule has 4 aromatic rings. The van der Waals surface area contributed by atoms with Gasteiger partial charge in [-0.2, -0.15) is 0 Å². The monoisotopic (exact) mass is 422 g/mol. The van der Waals surface area contributed by atoms with Crippen LogP contribution < -0.4 is 5.32 Å². The van der Waals surface area contributed by atoms with E-state index in [-0.39, 0.29) is 24.8 Å². The van der Waals surface area contributed by atoms with E-state index in [1.54, 1.807) is 0 Å². The van der Waals surface area contributed by atoms with Crippen LogP contribution in [0.5, 0.6) is 0 Å². The number of nitrogens with zero attached hydrogens (tertiary/aromatic N) is 3. The minimum atomic E-state index is -0.265. The van der Waals surface area contributed by atoms with Crippen molar-refractivity contribution >= 4 is 39.1 Å². The summed E-state index contributed by atoms with van der Waals surface area (Å²) < 4.78 is 6.54. The van der Waals surface area contributed by atoms with Gasteiger partial charge in [-0.15, -0.1) is 28.0 Å². The summed E-state index contributed by atoms with van der Waals surface area (Å²) in [6, 6.07) is 14.0. The predicted molar refractivity (Wildman–Crippen MR) is 113 cm³/mol. The molecule has 0 bridgehead atoms. The number of carbonyl (C=O) groups is 1. The van der Waals surface area contributed by atoms with Crippen LogP contribution in [0.15, 0.2) is 46.9 Å². The standard InChI is InChI=1S/C21H15ClN4O2S/c1-2-8-23-17(27)11-18-25-26-19(28-18)12-20-24-21-15(22)9-14(10-16(21)29-20)13-6-4-3-5-7-13/h1,3-7,9-10H,8,11-12H2,(H,23,27). The van der Waals surface area contributed by atoms with Gasteiger partial charge in [-0.1, -0.05) is 47.9 Å². The molecular weight excluding hydrogens is 408 g/mol. The molecule has 2 aromatic carbocycles. The number of carbonyl (C=O) groups excluding carboxylic acids is 1. The topological polar surface area (TPSA) is 80.9 Å². The van der Waals surface area contributed by atoms with Crippen molar-refractivity contribution in [2.24, 2.45) is 0 Å². The zero-order valence-electron chi connectivity index (χ0n) is 15.2. The largest absolute Gasteiger partial charge is 0.424 e. The van der Waals surface area contributed by atoms with Crippen LogP contribution in [-0.2, 0) is 17.6 Å². The summed E-state index contributed by atoms with van der Waals surface area (Å²) >= 11 is 7.99. The highest BCUT2D eigenvalue weighted by atomic mass is 35.5. The summed E-state index contributed by atoms with van der Waals surface area (Å²) in [5.74, 6) is 2.70. The summed E-state index contributed by atoms with van der Waals surface area (Å²) in [5, 5.41) is 11.9. The molecule has 0 radical (unpaired) electrons. The number of halogens is 1. The summed E-state index contributed by atoms with van der Waals surface area (Å²) in [7, 11) is 0. The van der Waals surface area contributed by atoms with Gasteiger partial charge >= 0.3 is 0 Å². The maximum atomic E-state index is 11.7. The van der Waals surface area contributed by atoms with Gasteiger partial charge in [0.15, 0.2) is 0 Å². The number of hydrogen-bond acceptors (Lipinski definition) is 6. The molecule has 1 amide bonds. The number of benzene rings is 2. The fourth-order valence-electron chi connectivity index (χ4n) is 2.82. The van der Waals surface area contributed by atoms with Crippen LogP contribution in [0.2, 0.25) is 5.02 Å². The number of amides is 1. The van der Waals surface area contributed by atoms with Crippen LogP contribution in [0.4, 0.5) is 0 Å². The summed E-state index contributed by atoms with van der Waals surface area (Å²) in [4.78, 5) is 16.3. The number of thiazole rings is 1. The highest BCUT2D eigenvalue weighted by molar-refractivity contribution is 7.18. The molecule has 0 aliphatic heterocycles. The maximum Gasteiger partial charge on any atom is 0.230 e. The van der Waals surface area contributed by atoms with Gasteiger partial charge < -0.3 is 9.73 Å². The number of fused-ring (bicyclic) bond motifs is 1. The van der Waals surface area contributed by atoms with Crippen molar-refractivity contribution in [3.05, 3.63) is 64.3 Å². The molecule has 2 heterocycles. The van der Waals surface area contributed by atoms with E-state index in [9.17, 15) is 4.79 Å². The molecule has 0 saturated heterocycles. The van der Waals surface area contributed by atoms with E-state index >= 15 is 0 Å². The second-order valence-corrected chi connectivity index (χ2v) is 7.72. The van der Waals surface area contributed by atoms with E-state index in [0.717, 1.165) is 26.4 Å². The van der Waals surface area contributed by atoms with Crippen LogP contribution in [0.25, 0.3) is 21.3 Å². The van der Waals surface area contributed by atoms with Crippen LogP contribution in [0.3, 0.4) is 0 Å². The normalized spacial score (nSPS) is 10.8. The van der Waals surface area contributed by atoms with Gasteiger partial charge in [0.25, 0.3) is 0 Å². The van der Waals surface area contributed by atoms with E-state index < -0.39 is 0 Å². The second kappa shape index (κ2) is 8.43. The molecule has 0 atom stereocenters. The summed E-state index contributed by atoms with van der Waals surface area (Å²) in [5.41, 5.74) is 2.88. The molecule has 0 aliphatic carbocycles. The summed E-state index contributed by atoms with van der Waals surface area (Å²) in [6.07, 6.45) is 5.47. The minimum absolute atomic E-state index is 0.0131.